The molecule has 0 heterocycles. The Morgan fingerprint density at radius 3 is 2.14 bits per heavy atom. The molecule has 0 radical (unpaired) electrons. The summed E-state index contributed by atoms with van der Waals surface area (Å²) in [4.78, 5) is 0. The normalized spacial score (nSPS) is 15.4. The first-order chi connectivity index (χ1) is 10.2. The van der Waals surface area contributed by atoms with E-state index in [9.17, 15) is 4.39 Å². The van der Waals surface area contributed by atoms with E-state index in [2.05, 4.69) is 31.4 Å². The Bertz CT molecular complexity index is 539. The van der Waals surface area contributed by atoms with Gasteiger partial charge >= 0.3 is 0 Å². The first kappa shape index (κ1) is 15.7. The maximum Gasteiger partial charge on any atom is 0.123 e. The molecule has 0 aliphatic carbocycles. The van der Waals surface area contributed by atoms with Crippen LogP contribution in [0.25, 0.3) is 0 Å². The topological polar surface area (TPSA) is 38.0 Å². The number of rotatable bonds is 6. The van der Waals surface area contributed by atoms with Crippen LogP contribution < -0.4 is 11.3 Å². The lowest BCUT2D eigenvalue weighted by molar-refractivity contribution is 0.343. The molecule has 3 heteroatoms. The second kappa shape index (κ2) is 7.34. The average molecular weight is 286 g/mol. The molecule has 2 rings (SSSR count). The van der Waals surface area contributed by atoms with Crippen molar-refractivity contribution in [1.29, 1.82) is 0 Å². The van der Waals surface area contributed by atoms with Gasteiger partial charge in [-0.3, -0.25) is 11.3 Å². The van der Waals surface area contributed by atoms with Crippen LogP contribution in [0.3, 0.4) is 0 Å². The van der Waals surface area contributed by atoms with Crippen molar-refractivity contribution in [3.63, 3.8) is 0 Å². The zero-order valence-corrected chi connectivity index (χ0v) is 12.6. The van der Waals surface area contributed by atoms with E-state index in [0.717, 1.165) is 12.0 Å². The zero-order valence-electron chi connectivity index (χ0n) is 12.6. The molecule has 3 atom stereocenters. The van der Waals surface area contributed by atoms with Gasteiger partial charge < -0.3 is 0 Å². The molecule has 0 aliphatic heterocycles. The summed E-state index contributed by atoms with van der Waals surface area (Å²) in [6.07, 6.45) is 1.05. The van der Waals surface area contributed by atoms with Crippen molar-refractivity contribution in [3.8, 4) is 0 Å². The zero-order chi connectivity index (χ0) is 15.2. The summed E-state index contributed by atoms with van der Waals surface area (Å²) in [5.41, 5.74) is 5.19. The smallest absolute Gasteiger partial charge is 0.123 e. The van der Waals surface area contributed by atoms with Crippen LogP contribution in [-0.2, 0) is 0 Å². The summed E-state index contributed by atoms with van der Waals surface area (Å²) in [5.74, 6) is 6.30. The van der Waals surface area contributed by atoms with E-state index in [1.54, 1.807) is 12.1 Å². The molecule has 2 aromatic carbocycles. The van der Waals surface area contributed by atoms with E-state index in [0.29, 0.717) is 5.92 Å². The van der Waals surface area contributed by atoms with E-state index in [1.807, 2.05) is 18.2 Å². The quantitative estimate of drug-likeness (QED) is 0.618. The molecule has 112 valence electrons. The predicted octanol–water partition coefficient (Wildman–Crippen LogP) is 4.16. The van der Waals surface area contributed by atoms with Crippen LogP contribution in [0, 0.1) is 11.7 Å². The summed E-state index contributed by atoms with van der Waals surface area (Å²) in [7, 11) is 0. The molecular weight excluding hydrogens is 263 g/mol. The largest absolute Gasteiger partial charge is 0.271 e. The van der Waals surface area contributed by atoms with Crippen molar-refractivity contribution >= 4 is 0 Å². The molecule has 3 unspecified atom stereocenters. The van der Waals surface area contributed by atoms with Gasteiger partial charge in [-0.25, -0.2) is 4.39 Å². The molecule has 21 heavy (non-hydrogen) atoms. The number of hydrogen-bond donors (Lipinski definition) is 2. The van der Waals surface area contributed by atoms with Crippen LogP contribution in [0.2, 0.25) is 0 Å². The van der Waals surface area contributed by atoms with Crippen molar-refractivity contribution in [2.24, 2.45) is 11.8 Å². The Morgan fingerprint density at radius 2 is 1.62 bits per heavy atom. The fourth-order valence-electron chi connectivity index (χ4n) is 2.86. The fraction of sp³-hybridized carbons (Fsp3) is 0.333. The van der Waals surface area contributed by atoms with Crippen LogP contribution in [0.5, 0.6) is 0 Å². The van der Waals surface area contributed by atoms with E-state index in [4.69, 9.17) is 5.84 Å². The molecule has 2 aromatic rings. The predicted molar refractivity (Wildman–Crippen MR) is 85.1 cm³/mol. The van der Waals surface area contributed by atoms with Crippen LogP contribution in [0.15, 0.2) is 54.6 Å². The first-order valence-corrected chi connectivity index (χ1v) is 7.44. The molecule has 0 aliphatic rings. The lowest BCUT2D eigenvalue weighted by Gasteiger charge is -2.32. The third-order valence-corrected chi connectivity index (χ3v) is 4.21. The lowest BCUT2D eigenvalue weighted by Crippen LogP contribution is -2.35. The van der Waals surface area contributed by atoms with E-state index >= 15 is 0 Å². The van der Waals surface area contributed by atoms with Gasteiger partial charge in [-0.05, 0) is 29.2 Å². The van der Waals surface area contributed by atoms with Crippen molar-refractivity contribution in [2.45, 2.75) is 32.2 Å². The maximum atomic E-state index is 13.2. The minimum atomic E-state index is -0.227. The van der Waals surface area contributed by atoms with E-state index in [1.165, 1.54) is 17.7 Å². The van der Waals surface area contributed by atoms with E-state index in [-0.39, 0.29) is 17.8 Å². The molecule has 2 nitrogen and oxygen atoms in total. The molecule has 0 amide bonds. The number of hydrogen-bond acceptors (Lipinski definition) is 2. The third-order valence-electron chi connectivity index (χ3n) is 4.21. The maximum absolute atomic E-state index is 13.2. The number of nitrogens with one attached hydrogen (secondary N) is 1. The summed E-state index contributed by atoms with van der Waals surface area (Å²) < 4.78 is 13.2. The van der Waals surface area contributed by atoms with Gasteiger partial charge in [0.25, 0.3) is 0 Å². The third kappa shape index (κ3) is 3.69. The molecule has 0 fully saturated rings. The highest BCUT2D eigenvalue weighted by Crippen LogP contribution is 2.37. The van der Waals surface area contributed by atoms with Crippen molar-refractivity contribution in [3.05, 3.63) is 71.5 Å². The highest BCUT2D eigenvalue weighted by Gasteiger charge is 2.28. The molecule has 0 saturated carbocycles. The molecular formula is C18H23FN2. The molecule has 0 aromatic heterocycles. The number of nitrogens with two attached hydrogens (primary N) is 1. The summed E-state index contributed by atoms with van der Waals surface area (Å²) >= 11 is 0. The molecule has 0 spiro atoms. The molecule has 0 bridgehead atoms. The number of benzene rings is 2. The Hall–Kier alpha value is -1.71. The van der Waals surface area contributed by atoms with Crippen LogP contribution >= 0.6 is 0 Å². The Kier molecular flexibility index (Phi) is 5.48. The van der Waals surface area contributed by atoms with Gasteiger partial charge in [-0.15, -0.1) is 0 Å². The van der Waals surface area contributed by atoms with Crippen molar-refractivity contribution in [1.82, 2.24) is 5.43 Å². The first-order valence-electron chi connectivity index (χ1n) is 7.44. The Balaban J connectivity index is 2.40. The monoisotopic (exact) mass is 286 g/mol. The van der Waals surface area contributed by atoms with Gasteiger partial charge in [0.1, 0.15) is 5.82 Å². The molecule has 0 saturated heterocycles. The van der Waals surface area contributed by atoms with Gasteiger partial charge in [0.15, 0.2) is 0 Å². The van der Waals surface area contributed by atoms with Gasteiger partial charge in [-0.1, -0.05) is 62.7 Å². The van der Waals surface area contributed by atoms with Crippen molar-refractivity contribution in [2.75, 3.05) is 0 Å². The minimum Gasteiger partial charge on any atom is -0.271 e. The highest BCUT2D eigenvalue weighted by atomic mass is 19.1. The Labute approximate surface area is 126 Å². The van der Waals surface area contributed by atoms with Crippen LogP contribution in [0.4, 0.5) is 4.39 Å². The van der Waals surface area contributed by atoms with Crippen LogP contribution in [0.1, 0.15) is 43.4 Å². The summed E-state index contributed by atoms with van der Waals surface area (Å²) in [6.45, 7) is 4.41. The minimum absolute atomic E-state index is 0.0389. The highest BCUT2D eigenvalue weighted by molar-refractivity contribution is 5.29. The second-order valence-corrected chi connectivity index (χ2v) is 5.52. The standard InChI is InChI=1S/C18H23FN2/c1-3-13(2)17(14-7-5-4-6-8-14)18(21-20)15-9-11-16(19)12-10-15/h4-13,17-18,21H,3,20H2,1-2H3. The number of hydrazine groups is 1. The van der Waals surface area contributed by atoms with Gasteiger partial charge in [0, 0.05) is 5.92 Å². The lowest BCUT2D eigenvalue weighted by atomic mass is 9.78. The van der Waals surface area contributed by atoms with Gasteiger partial charge in [0.05, 0.1) is 6.04 Å². The van der Waals surface area contributed by atoms with Gasteiger partial charge in [-0.2, -0.15) is 0 Å². The van der Waals surface area contributed by atoms with E-state index < -0.39 is 0 Å². The summed E-state index contributed by atoms with van der Waals surface area (Å²) in [6, 6.07) is 16.9. The number of halogens is 1. The van der Waals surface area contributed by atoms with Crippen molar-refractivity contribution < 1.29 is 4.39 Å². The SMILES string of the molecule is CCC(C)C(c1ccccc1)C(NN)c1ccc(F)cc1. The fourth-order valence-corrected chi connectivity index (χ4v) is 2.86. The summed E-state index contributed by atoms with van der Waals surface area (Å²) in [5, 5.41) is 0. The second-order valence-electron chi connectivity index (χ2n) is 5.52. The average Bonchev–Trinajstić information content (AvgIpc) is 2.53. The Morgan fingerprint density at radius 1 is 1.00 bits per heavy atom. The van der Waals surface area contributed by atoms with Crippen LogP contribution in [-0.4, -0.2) is 0 Å². The molecule has 3 N–H and O–H groups in total. The van der Waals surface area contributed by atoms with Gasteiger partial charge in [0.2, 0.25) is 0 Å².